The zero-order valence-corrected chi connectivity index (χ0v) is 30.8. The first-order valence-corrected chi connectivity index (χ1v) is 20.9. The summed E-state index contributed by atoms with van der Waals surface area (Å²) in [5.41, 5.74) is 1.95. The molecule has 0 amide bonds. The third-order valence-electron chi connectivity index (χ3n) is 8.71. The van der Waals surface area contributed by atoms with Crippen LogP contribution in [0.1, 0.15) is 153 Å². The second kappa shape index (κ2) is 22.8. The quantitative estimate of drug-likeness (QED) is 0.0690. The molecule has 0 N–H and O–H groups in total. The van der Waals surface area contributed by atoms with E-state index in [1.807, 2.05) is 13.8 Å². The zero-order valence-electron chi connectivity index (χ0n) is 29.2. The maximum Gasteiger partial charge on any atom is 0.297 e. The molecule has 262 valence electrons. The van der Waals surface area contributed by atoms with E-state index in [0.29, 0.717) is 25.7 Å². The van der Waals surface area contributed by atoms with Gasteiger partial charge in [0.25, 0.3) is 20.2 Å². The minimum atomic E-state index is -3.96. The van der Waals surface area contributed by atoms with Gasteiger partial charge in [-0.25, -0.2) is 0 Å². The molecule has 0 aliphatic heterocycles. The average Bonchev–Trinajstić information content (AvgIpc) is 3.02. The van der Waals surface area contributed by atoms with Crippen LogP contribution in [0.25, 0.3) is 0 Å². The molecule has 2 unspecified atom stereocenters. The highest BCUT2D eigenvalue weighted by molar-refractivity contribution is 7.87. The molecule has 2 aromatic carbocycles. The van der Waals surface area contributed by atoms with Crippen molar-refractivity contribution in [2.75, 3.05) is 0 Å². The summed E-state index contributed by atoms with van der Waals surface area (Å²) in [6, 6.07) is 13.4. The van der Waals surface area contributed by atoms with E-state index in [1.165, 1.54) is 64.2 Å². The predicted molar refractivity (Wildman–Crippen MR) is 190 cm³/mol. The Balaban J connectivity index is 2.09. The molecule has 0 saturated heterocycles. The lowest BCUT2D eigenvalue weighted by Crippen LogP contribution is -2.24. The minimum absolute atomic E-state index is 0.146. The standard InChI is InChI=1S/C38H62O6S2/c1-5-7-9-11-13-15-17-19-21-35(43-45(39,40)37-29-23-33(3)24-30-37)27-28-36(22-20-18-16-14-12-10-8-6-2)44-46(41,42)38-31-25-34(4)26-32-38/h23-26,29-32,35-36H,5-22,27-28H2,1-4H3. The Morgan fingerprint density at radius 1 is 0.435 bits per heavy atom. The lowest BCUT2D eigenvalue weighted by Gasteiger charge is -2.22. The number of benzene rings is 2. The molecular weight excluding hydrogens is 617 g/mol. The first-order valence-electron chi connectivity index (χ1n) is 18.1. The number of unbranched alkanes of at least 4 members (excludes halogenated alkanes) is 14. The van der Waals surface area contributed by atoms with Gasteiger partial charge < -0.3 is 0 Å². The number of rotatable bonds is 27. The second-order valence-electron chi connectivity index (χ2n) is 13.1. The predicted octanol–water partition coefficient (Wildman–Crippen LogP) is 11.0. The smallest absolute Gasteiger partial charge is 0.263 e. The van der Waals surface area contributed by atoms with Crippen LogP contribution in [-0.2, 0) is 28.6 Å². The number of aryl methyl sites for hydroxylation is 2. The van der Waals surface area contributed by atoms with Crippen molar-refractivity contribution in [2.45, 2.75) is 178 Å². The summed E-state index contributed by atoms with van der Waals surface area (Å²) in [7, 11) is -7.91. The summed E-state index contributed by atoms with van der Waals surface area (Å²) in [4.78, 5) is 0.292. The van der Waals surface area contributed by atoms with Gasteiger partial charge in [-0.05, 0) is 63.8 Å². The number of hydrogen-bond donors (Lipinski definition) is 0. The lowest BCUT2D eigenvalue weighted by molar-refractivity contribution is 0.135. The Morgan fingerprint density at radius 2 is 0.717 bits per heavy atom. The van der Waals surface area contributed by atoms with Gasteiger partial charge in [-0.15, -0.1) is 0 Å². The molecule has 6 nitrogen and oxygen atoms in total. The monoisotopic (exact) mass is 678 g/mol. The summed E-state index contributed by atoms with van der Waals surface area (Å²) in [5, 5.41) is 0. The van der Waals surface area contributed by atoms with Crippen molar-refractivity contribution in [1.82, 2.24) is 0 Å². The molecule has 2 atom stereocenters. The molecular formula is C38H62O6S2. The Bertz CT molecular complexity index is 1170. The largest absolute Gasteiger partial charge is 0.297 e. The van der Waals surface area contributed by atoms with Gasteiger partial charge in [-0.3, -0.25) is 8.37 Å². The van der Waals surface area contributed by atoms with Crippen molar-refractivity contribution < 1.29 is 25.2 Å². The Kier molecular flexibility index (Phi) is 20.0. The summed E-state index contributed by atoms with van der Waals surface area (Å²) in [5.74, 6) is 0. The Morgan fingerprint density at radius 3 is 1.02 bits per heavy atom. The maximum atomic E-state index is 13.3. The van der Waals surface area contributed by atoms with E-state index < -0.39 is 32.4 Å². The van der Waals surface area contributed by atoms with Crippen molar-refractivity contribution >= 4 is 20.2 Å². The van der Waals surface area contributed by atoms with Crippen LogP contribution in [0.5, 0.6) is 0 Å². The van der Waals surface area contributed by atoms with E-state index in [1.54, 1.807) is 48.5 Å². The Labute approximate surface area is 282 Å². The van der Waals surface area contributed by atoms with Gasteiger partial charge in [0.2, 0.25) is 0 Å². The molecule has 46 heavy (non-hydrogen) atoms. The van der Waals surface area contributed by atoms with Crippen molar-refractivity contribution in [2.24, 2.45) is 0 Å². The molecule has 0 saturated carbocycles. The van der Waals surface area contributed by atoms with Crippen molar-refractivity contribution in [3.05, 3.63) is 59.7 Å². The zero-order chi connectivity index (χ0) is 33.7. The SMILES string of the molecule is CCCCCCCCCCC(CCC(CCCCCCCCCC)OS(=O)(=O)c1ccc(C)cc1)OS(=O)(=O)c1ccc(C)cc1. The van der Waals surface area contributed by atoms with Crippen LogP contribution in [0.15, 0.2) is 58.3 Å². The second-order valence-corrected chi connectivity index (χ2v) is 16.2. The van der Waals surface area contributed by atoms with Crippen LogP contribution in [0.2, 0.25) is 0 Å². The average molecular weight is 679 g/mol. The summed E-state index contributed by atoms with van der Waals surface area (Å²) < 4.78 is 64.8. The minimum Gasteiger partial charge on any atom is -0.263 e. The van der Waals surface area contributed by atoms with E-state index >= 15 is 0 Å². The van der Waals surface area contributed by atoms with Gasteiger partial charge in [0, 0.05) is 0 Å². The number of hydrogen-bond acceptors (Lipinski definition) is 6. The van der Waals surface area contributed by atoms with E-state index in [0.717, 1.165) is 49.7 Å². The molecule has 2 aromatic rings. The first kappa shape index (κ1) is 40.4. The van der Waals surface area contributed by atoms with Gasteiger partial charge in [-0.2, -0.15) is 16.8 Å². The lowest BCUT2D eigenvalue weighted by atomic mass is 10.00. The fraction of sp³-hybridized carbons (Fsp3) is 0.684. The molecule has 0 aromatic heterocycles. The van der Waals surface area contributed by atoms with E-state index in [2.05, 4.69) is 13.8 Å². The third-order valence-corrected chi connectivity index (χ3v) is 11.5. The van der Waals surface area contributed by atoms with Gasteiger partial charge in [0.1, 0.15) is 0 Å². The van der Waals surface area contributed by atoms with Crippen molar-refractivity contribution in [3.63, 3.8) is 0 Å². The van der Waals surface area contributed by atoms with E-state index in [-0.39, 0.29) is 9.79 Å². The van der Waals surface area contributed by atoms with Crippen LogP contribution in [0, 0.1) is 13.8 Å². The molecule has 0 aliphatic rings. The fourth-order valence-corrected chi connectivity index (χ4v) is 8.01. The summed E-state index contributed by atoms with van der Waals surface area (Å²) in [6.45, 7) is 8.26. The van der Waals surface area contributed by atoms with Crippen molar-refractivity contribution in [3.8, 4) is 0 Å². The van der Waals surface area contributed by atoms with Gasteiger partial charge in [-0.1, -0.05) is 152 Å². The van der Waals surface area contributed by atoms with Crippen LogP contribution in [-0.4, -0.2) is 29.0 Å². The van der Waals surface area contributed by atoms with Gasteiger partial charge >= 0.3 is 0 Å². The topological polar surface area (TPSA) is 86.7 Å². The van der Waals surface area contributed by atoms with E-state index in [4.69, 9.17) is 8.37 Å². The normalized spacial score (nSPS) is 13.6. The van der Waals surface area contributed by atoms with Gasteiger partial charge in [0.05, 0.1) is 22.0 Å². The summed E-state index contributed by atoms with van der Waals surface area (Å²) in [6.07, 6.45) is 19.4. The molecule has 0 heterocycles. The molecule has 0 bridgehead atoms. The molecule has 0 aliphatic carbocycles. The Hall–Kier alpha value is -1.74. The van der Waals surface area contributed by atoms with Crippen molar-refractivity contribution in [1.29, 1.82) is 0 Å². The summed E-state index contributed by atoms with van der Waals surface area (Å²) >= 11 is 0. The molecule has 0 radical (unpaired) electrons. The van der Waals surface area contributed by atoms with Crippen LogP contribution in [0.3, 0.4) is 0 Å². The highest BCUT2D eigenvalue weighted by atomic mass is 32.2. The van der Waals surface area contributed by atoms with E-state index in [9.17, 15) is 16.8 Å². The maximum absolute atomic E-state index is 13.3. The van der Waals surface area contributed by atoms with Gasteiger partial charge in [0.15, 0.2) is 0 Å². The first-order chi connectivity index (χ1) is 22.1. The highest BCUT2D eigenvalue weighted by Gasteiger charge is 2.26. The van der Waals surface area contributed by atoms with Crippen LogP contribution < -0.4 is 0 Å². The fourth-order valence-electron chi connectivity index (χ4n) is 5.74. The molecule has 2 rings (SSSR count). The van der Waals surface area contributed by atoms with Crippen LogP contribution >= 0.6 is 0 Å². The molecule has 0 fully saturated rings. The third kappa shape index (κ3) is 16.9. The van der Waals surface area contributed by atoms with Crippen LogP contribution in [0.4, 0.5) is 0 Å². The highest BCUT2D eigenvalue weighted by Crippen LogP contribution is 2.26. The molecule has 8 heteroatoms. The molecule has 0 spiro atoms.